The fraction of sp³-hybridized carbons (Fsp3) is 0.308. The van der Waals surface area contributed by atoms with Crippen LogP contribution in [-0.2, 0) is 13.6 Å². The van der Waals surface area contributed by atoms with Crippen LogP contribution in [0.4, 0.5) is 0 Å². The Morgan fingerprint density at radius 2 is 1.88 bits per heavy atom. The van der Waals surface area contributed by atoms with Gasteiger partial charge in [-0.3, -0.25) is 4.99 Å². The predicted octanol–water partition coefficient (Wildman–Crippen LogP) is 2.80. The highest BCUT2D eigenvalue weighted by molar-refractivity contribution is 7.09. The standard InChI is InChI=1S/C13H16N2S/c1-10-11(2)16-13(15(10)3)14-9-12-7-5-4-6-8-12/h4-8H,9H2,1-3H3. The lowest BCUT2D eigenvalue weighted by atomic mass is 10.2. The number of rotatable bonds is 2. The van der Waals surface area contributed by atoms with E-state index < -0.39 is 0 Å². The van der Waals surface area contributed by atoms with E-state index in [0.717, 1.165) is 11.3 Å². The molecule has 2 aromatic rings. The Morgan fingerprint density at radius 1 is 1.19 bits per heavy atom. The highest BCUT2D eigenvalue weighted by atomic mass is 32.1. The first-order valence-electron chi connectivity index (χ1n) is 5.36. The maximum Gasteiger partial charge on any atom is 0.185 e. The monoisotopic (exact) mass is 232 g/mol. The van der Waals surface area contributed by atoms with E-state index in [9.17, 15) is 0 Å². The second-order valence-corrected chi connectivity index (χ2v) is 5.07. The summed E-state index contributed by atoms with van der Waals surface area (Å²) < 4.78 is 2.16. The van der Waals surface area contributed by atoms with Crippen LogP contribution in [0.2, 0.25) is 0 Å². The molecule has 3 heteroatoms. The van der Waals surface area contributed by atoms with Gasteiger partial charge in [0.15, 0.2) is 4.80 Å². The van der Waals surface area contributed by atoms with Crippen LogP contribution in [0, 0.1) is 13.8 Å². The molecule has 0 aliphatic heterocycles. The van der Waals surface area contributed by atoms with Crippen LogP contribution in [0.5, 0.6) is 0 Å². The Labute approximate surface area is 99.9 Å². The second-order valence-electron chi connectivity index (χ2n) is 3.89. The summed E-state index contributed by atoms with van der Waals surface area (Å²) in [5.74, 6) is 0. The van der Waals surface area contributed by atoms with Crippen molar-refractivity contribution >= 4 is 11.3 Å². The molecule has 0 saturated heterocycles. The van der Waals surface area contributed by atoms with Crippen molar-refractivity contribution in [2.75, 3.05) is 0 Å². The van der Waals surface area contributed by atoms with Gasteiger partial charge in [0.1, 0.15) is 0 Å². The normalized spacial score (nSPS) is 12.1. The zero-order chi connectivity index (χ0) is 11.5. The Balaban J connectivity index is 2.28. The van der Waals surface area contributed by atoms with E-state index in [0.29, 0.717) is 0 Å². The zero-order valence-electron chi connectivity index (χ0n) is 9.90. The Morgan fingerprint density at radius 3 is 2.44 bits per heavy atom. The maximum absolute atomic E-state index is 4.64. The first-order valence-corrected chi connectivity index (χ1v) is 6.17. The largest absolute Gasteiger partial charge is 0.324 e. The molecule has 0 N–H and O–H groups in total. The molecule has 2 nitrogen and oxygen atoms in total. The quantitative estimate of drug-likeness (QED) is 0.757. The lowest BCUT2D eigenvalue weighted by Crippen LogP contribution is -2.11. The number of thiazole rings is 1. The Hall–Kier alpha value is -1.35. The van der Waals surface area contributed by atoms with E-state index in [1.54, 1.807) is 11.3 Å². The van der Waals surface area contributed by atoms with Crippen LogP contribution in [0.3, 0.4) is 0 Å². The molecule has 2 rings (SSSR count). The molecule has 0 radical (unpaired) electrons. The summed E-state index contributed by atoms with van der Waals surface area (Å²) in [4.78, 5) is 7.08. The van der Waals surface area contributed by atoms with Crippen molar-refractivity contribution in [3.8, 4) is 0 Å². The van der Waals surface area contributed by atoms with Gasteiger partial charge in [-0.05, 0) is 19.4 Å². The summed E-state index contributed by atoms with van der Waals surface area (Å²) in [5.41, 5.74) is 2.56. The summed E-state index contributed by atoms with van der Waals surface area (Å²) in [6, 6.07) is 10.3. The van der Waals surface area contributed by atoms with Crippen molar-refractivity contribution in [1.29, 1.82) is 0 Å². The molecular weight excluding hydrogens is 216 g/mol. The first kappa shape index (κ1) is 11.1. The van der Waals surface area contributed by atoms with Crippen LogP contribution < -0.4 is 4.80 Å². The lowest BCUT2D eigenvalue weighted by molar-refractivity contribution is 0.805. The average molecular weight is 232 g/mol. The van der Waals surface area contributed by atoms with E-state index in [1.165, 1.54) is 16.1 Å². The van der Waals surface area contributed by atoms with Crippen LogP contribution in [-0.4, -0.2) is 4.57 Å². The topological polar surface area (TPSA) is 17.3 Å². The molecule has 0 atom stereocenters. The third-order valence-electron chi connectivity index (χ3n) is 2.78. The maximum atomic E-state index is 4.64. The van der Waals surface area contributed by atoms with Crippen molar-refractivity contribution < 1.29 is 0 Å². The van der Waals surface area contributed by atoms with Gasteiger partial charge in [0, 0.05) is 17.6 Å². The lowest BCUT2D eigenvalue weighted by Gasteiger charge is -1.96. The smallest absolute Gasteiger partial charge is 0.185 e. The molecule has 1 heterocycles. The number of hydrogen-bond acceptors (Lipinski definition) is 2. The van der Waals surface area contributed by atoms with Gasteiger partial charge in [-0.1, -0.05) is 30.3 Å². The van der Waals surface area contributed by atoms with Crippen LogP contribution in [0.15, 0.2) is 35.3 Å². The van der Waals surface area contributed by atoms with Crippen LogP contribution >= 0.6 is 11.3 Å². The average Bonchev–Trinajstić information content (AvgIpc) is 2.56. The van der Waals surface area contributed by atoms with Crippen LogP contribution in [0.25, 0.3) is 0 Å². The molecule has 0 amide bonds. The molecule has 0 spiro atoms. The number of aromatic nitrogens is 1. The number of nitrogens with zero attached hydrogens (tertiary/aromatic N) is 2. The van der Waals surface area contributed by atoms with Gasteiger partial charge in [-0.25, -0.2) is 0 Å². The highest BCUT2D eigenvalue weighted by Gasteiger charge is 2.00. The van der Waals surface area contributed by atoms with Gasteiger partial charge in [-0.2, -0.15) is 0 Å². The number of benzene rings is 1. The minimum absolute atomic E-state index is 0.758. The molecule has 16 heavy (non-hydrogen) atoms. The minimum Gasteiger partial charge on any atom is -0.324 e. The van der Waals surface area contributed by atoms with Gasteiger partial charge in [0.25, 0.3) is 0 Å². The van der Waals surface area contributed by atoms with Gasteiger partial charge < -0.3 is 4.57 Å². The van der Waals surface area contributed by atoms with Crippen molar-refractivity contribution in [3.05, 3.63) is 51.3 Å². The third-order valence-corrected chi connectivity index (χ3v) is 3.97. The second kappa shape index (κ2) is 4.66. The van der Waals surface area contributed by atoms with E-state index in [4.69, 9.17) is 0 Å². The van der Waals surface area contributed by atoms with E-state index in [-0.39, 0.29) is 0 Å². The molecule has 0 unspecified atom stereocenters. The molecular formula is C13H16N2S. The van der Waals surface area contributed by atoms with E-state index >= 15 is 0 Å². The van der Waals surface area contributed by atoms with Crippen molar-refractivity contribution in [1.82, 2.24) is 4.57 Å². The SMILES string of the molecule is Cc1sc(=NCc2ccccc2)n(C)c1C. The number of hydrogen-bond donors (Lipinski definition) is 0. The zero-order valence-corrected chi connectivity index (χ0v) is 10.7. The summed E-state index contributed by atoms with van der Waals surface area (Å²) in [5, 5.41) is 0. The predicted molar refractivity (Wildman–Crippen MR) is 68.5 cm³/mol. The molecule has 1 aromatic carbocycles. The van der Waals surface area contributed by atoms with Crippen molar-refractivity contribution in [2.24, 2.45) is 12.0 Å². The van der Waals surface area contributed by atoms with Gasteiger partial charge in [0.2, 0.25) is 0 Å². The molecule has 0 saturated carbocycles. The molecule has 0 bridgehead atoms. The number of aryl methyl sites for hydroxylation is 1. The summed E-state index contributed by atoms with van der Waals surface area (Å²) >= 11 is 1.76. The molecule has 84 valence electrons. The van der Waals surface area contributed by atoms with Gasteiger partial charge in [-0.15, -0.1) is 11.3 Å². The highest BCUT2D eigenvalue weighted by Crippen LogP contribution is 2.08. The van der Waals surface area contributed by atoms with Gasteiger partial charge in [0.05, 0.1) is 6.54 Å². The fourth-order valence-electron chi connectivity index (χ4n) is 1.54. The van der Waals surface area contributed by atoms with Crippen LogP contribution in [0.1, 0.15) is 16.1 Å². The minimum atomic E-state index is 0.758. The summed E-state index contributed by atoms with van der Waals surface area (Å²) in [7, 11) is 2.07. The molecule has 1 aromatic heterocycles. The van der Waals surface area contributed by atoms with Crippen molar-refractivity contribution in [3.63, 3.8) is 0 Å². The fourth-order valence-corrected chi connectivity index (χ4v) is 2.50. The molecule has 0 aliphatic rings. The summed E-state index contributed by atoms with van der Waals surface area (Å²) in [6.07, 6.45) is 0. The Bertz CT molecular complexity index is 535. The third kappa shape index (κ3) is 2.25. The first-order chi connectivity index (χ1) is 7.68. The molecule has 0 fully saturated rings. The van der Waals surface area contributed by atoms with Crippen molar-refractivity contribution in [2.45, 2.75) is 20.4 Å². The molecule has 0 aliphatic carbocycles. The van der Waals surface area contributed by atoms with E-state index in [1.807, 2.05) is 6.07 Å². The van der Waals surface area contributed by atoms with Gasteiger partial charge >= 0.3 is 0 Å². The van der Waals surface area contributed by atoms with E-state index in [2.05, 4.69) is 54.7 Å². The Kier molecular flexibility index (Phi) is 3.25. The summed E-state index contributed by atoms with van der Waals surface area (Å²) in [6.45, 7) is 5.03.